The largest absolute Gasteiger partial charge is 0.447 e. The van der Waals surface area contributed by atoms with Crippen LogP contribution in [0.25, 0.3) is 33.5 Å². The van der Waals surface area contributed by atoms with Crippen molar-refractivity contribution in [2.45, 2.75) is 0 Å². The van der Waals surface area contributed by atoms with Crippen LogP contribution in [0.3, 0.4) is 0 Å². The van der Waals surface area contributed by atoms with Gasteiger partial charge < -0.3 is 8.83 Å². The standard InChI is InChI=1S/C16H9NO3/c18-16-14-13(11-8-4-5-9-12(11)19-14)17-15(20-16)10-6-2-1-3-7-10/h1-9H. The van der Waals surface area contributed by atoms with Gasteiger partial charge in [0.15, 0.2) is 0 Å². The number of aromatic nitrogens is 1. The lowest BCUT2D eigenvalue weighted by molar-refractivity contribution is 0.500. The van der Waals surface area contributed by atoms with Crippen molar-refractivity contribution in [2.75, 3.05) is 0 Å². The molecule has 0 radical (unpaired) electrons. The van der Waals surface area contributed by atoms with Crippen molar-refractivity contribution in [3.05, 3.63) is 65.0 Å². The fourth-order valence-corrected chi connectivity index (χ4v) is 2.24. The van der Waals surface area contributed by atoms with Crippen LogP contribution in [0.5, 0.6) is 0 Å². The summed E-state index contributed by atoms with van der Waals surface area (Å²) in [4.78, 5) is 16.5. The SMILES string of the molecule is O=c1oc(-c2ccccc2)nc2c1oc1ccccc12. The summed E-state index contributed by atoms with van der Waals surface area (Å²) in [6.45, 7) is 0. The Balaban J connectivity index is 2.11. The van der Waals surface area contributed by atoms with Gasteiger partial charge in [0.05, 0.1) is 0 Å². The molecule has 0 saturated heterocycles. The first-order valence-electron chi connectivity index (χ1n) is 6.21. The third kappa shape index (κ3) is 1.55. The minimum atomic E-state index is -0.509. The molecular weight excluding hydrogens is 254 g/mol. The summed E-state index contributed by atoms with van der Waals surface area (Å²) in [6.07, 6.45) is 0. The summed E-state index contributed by atoms with van der Waals surface area (Å²) in [7, 11) is 0. The van der Waals surface area contributed by atoms with Gasteiger partial charge in [0.2, 0.25) is 11.5 Å². The van der Waals surface area contributed by atoms with Gasteiger partial charge in [-0.1, -0.05) is 30.3 Å². The van der Waals surface area contributed by atoms with E-state index in [1.807, 2.05) is 48.5 Å². The van der Waals surface area contributed by atoms with Crippen molar-refractivity contribution < 1.29 is 8.83 Å². The summed E-state index contributed by atoms with van der Waals surface area (Å²) >= 11 is 0. The Kier molecular flexibility index (Phi) is 2.23. The highest BCUT2D eigenvalue weighted by atomic mass is 16.4. The first-order chi connectivity index (χ1) is 9.83. The molecule has 2 heterocycles. The molecule has 0 spiro atoms. The molecule has 0 bridgehead atoms. The molecule has 4 rings (SSSR count). The maximum Gasteiger partial charge on any atom is 0.383 e. The zero-order valence-corrected chi connectivity index (χ0v) is 10.4. The van der Waals surface area contributed by atoms with Crippen LogP contribution < -0.4 is 5.63 Å². The predicted molar refractivity (Wildman–Crippen MR) is 75.5 cm³/mol. The van der Waals surface area contributed by atoms with E-state index >= 15 is 0 Å². The predicted octanol–water partition coefficient (Wildman–Crippen LogP) is 3.60. The Hall–Kier alpha value is -2.88. The van der Waals surface area contributed by atoms with E-state index < -0.39 is 5.63 Å². The molecular formula is C16H9NO3. The molecule has 0 atom stereocenters. The Morgan fingerprint density at radius 1 is 0.850 bits per heavy atom. The molecule has 0 amide bonds. The van der Waals surface area contributed by atoms with Crippen LogP contribution in [0.15, 0.2) is 68.2 Å². The second-order valence-electron chi connectivity index (χ2n) is 4.45. The van der Waals surface area contributed by atoms with Crippen LogP contribution in [0.1, 0.15) is 0 Å². The summed E-state index contributed by atoms with van der Waals surface area (Å²) < 4.78 is 10.8. The van der Waals surface area contributed by atoms with Gasteiger partial charge in [-0.05, 0) is 24.3 Å². The van der Waals surface area contributed by atoms with Gasteiger partial charge in [0.25, 0.3) is 0 Å². The summed E-state index contributed by atoms with van der Waals surface area (Å²) in [6, 6.07) is 16.7. The monoisotopic (exact) mass is 263 g/mol. The van der Waals surface area contributed by atoms with E-state index in [1.165, 1.54) is 0 Å². The van der Waals surface area contributed by atoms with Crippen LogP contribution in [-0.2, 0) is 0 Å². The smallest absolute Gasteiger partial charge is 0.383 e. The van der Waals surface area contributed by atoms with E-state index in [2.05, 4.69) is 4.98 Å². The van der Waals surface area contributed by atoms with Gasteiger partial charge in [-0.3, -0.25) is 0 Å². The van der Waals surface area contributed by atoms with Crippen molar-refractivity contribution >= 4 is 22.1 Å². The first kappa shape index (κ1) is 11.0. The molecule has 2 aromatic heterocycles. The normalized spacial score (nSPS) is 11.2. The maximum atomic E-state index is 12.0. The lowest BCUT2D eigenvalue weighted by atomic mass is 10.2. The van der Waals surface area contributed by atoms with Crippen LogP contribution in [0.2, 0.25) is 0 Å². The van der Waals surface area contributed by atoms with Gasteiger partial charge in [-0.15, -0.1) is 0 Å². The average molecular weight is 263 g/mol. The Labute approximate surface area is 113 Å². The van der Waals surface area contributed by atoms with Crippen LogP contribution >= 0.6 is 0 Å². The highest BCUT2D eigenvalue weighted by molar-refractivity contribution is 6.02. The van der Waals surface area contributed by atoms with E-state index in [9.17, 15) is 4.79 Å². The van der Waals surface area contributed by atoms with Crippen molar-refractivity contribution in [1.29, 1.82) is 0 Å². The van der Waals surface area contributed by atoms with E-state index in [-0.39, 0.29) is 5.58 Å². The second-order valence-corrected chi connectivity index (χ2v) is 4.45. The summed E-state index contributed by atoms with van der Waals surface area (Å²) in [5, 5.41) is 0.813. The molecule has 0 fully saturated rings. The Morgan fingerprint density at radius 3 is 2.45 bits per heavy atom. The molecule has 0 unspecified atom stereocenters. The van der Waals surface area contributed by atoms with Crippen molar-refractivity contribution in [3.8, 4) is 11.5 Å². The van der Waals surface area contributed by atoms with E-state index in [0.29, 0.717) is 17.0 Å². The third-order valence-corrected chi connectivity index (χ3v) is 3.18. The summed E-state index contributed by atoms with van der Waals surface area (Å²) in [5.74, 6) is 0.301. The molecule has 2 aromatic carbocycles. The topological polar surface area (TPSA) is 56.2 Å². The molecule has 4 heteroatoms. The van der Waals surface area contributed by atoms with Crippen molar-refractivity contribution in [1.82, 2.24) is 4.98 Å². The molecule has 0 N–H and O–H groups in total. The fraction of sp³-hybridized carbons (Fsp3) is 0. The molecule has 4 nitrogen and oxygen atoms in total. The van der Waals surface area contributed by atoms with Gasteiger partial charge in [-0.25, -0.2) is 9.78 Å². The van der Waals surface area contributed by atoms with Crippen LogP contribution in [-0.4, -0.2) is 4.98 Å². The fourth-order valence-electron chi connectivity index (χ4n) is 2.24. The number of hydrogen-bond acceptors (Lipinski definition) is 4. The number of para-hydroxylation sites is 1. The molecule has 96 valence electrons. The van der Waals surface area contributed by atoms with E-state index in [0.717, 1.165) is 10.9 Å². The second kappa shape index (κ2) is 4.06. The Morgan fingerprint density at radius 2 is 1.60 bits per heavy atom. The maximum absolute atomic E-state index is 12.0. The van der Waals surface area contributed by atoms with Gasteiger partial charge in [0, 0.05) is 10.9 Å². The lowest BCUT2D eigenvalue weighted by Gasteiger charge is -1.98. The average Bonchev–Trinajstić information content (AvgIpc) is 2.88. The van der Waals surface area contributed by atoms with Crippen LogP contribution in [0, 0.1) is 0 Å². The highest BCUT2D eigenvalue weighted by Crippen LogP contribution is 2.27. The molecule has 0 aliphatic carbocycles. The van der Waals surface area contributed by atoms with Crippen molar-refractivity contribution in [3.63, 3.8) is 0 Å². The highest BCUT2D eigenvalue weighted by Gasteiger charge is 2.15. The van der Waals surface area contributed by atoms with Crippen LogP contribution in [0.4, 0.5) is 0 Å². The third-order valence-electron chi connectivity index (χ3n) is 3.18. The Bertz CT molecular complexity index is 967. The van der Waals surface area contributed by atoms with Gasteiger partial charge in [-0.2, -0.15) is 0 Å². The van der Waals surface area contributed by atoms with Gasteiger partial charge >= 0.3 is 5.63 Å². The summed E-state index contributed by atoms with van der Waals surface area (Å²) in [5.41, 5.74) is 1.58. The number of hydrogen-bond donors (Lipinski definition) is 0. The molecule has 0 aliphatic rings. The minimum absolute atomic E-state index is 0.158. The lowest BCUT2D eigenvalue weighted by Crippen LogP contribution is -2.00. The zero-order chi connectivity index (χ0) is 13.5. The molecule has 4 aromatic rings. The first-order valence-corrected chi connectivity index (χ1v) is 6.21. The number of fused-ring (bicyclic) bond motifs is 3. The van der Waals surface area contributed by atoms with E-state index in [4.69, 9.17) is 8.83 Å². The quantitative estimate of drug-likeness (QED) is 0.526. The number of furan rings is 1. The van der Waals surface area contributed by atoms with Gasteiger partial charge in [0.1, 0.15) is 11.1 Å². The number of nitrogens with zero attached hydrogens (tertiary/aromatic N) is 1. The molecule has 0 aliphatic heterocycles. The molecule has 0 saturated carbocycles. The number of benzene rings is 2. The zero-order valence-electron chi connectivity index (χ0n) is 10.4. The molecule has 20 heavy (non-hydrogen) atoms. The minimum Gasteiger partial charge on any atom is -0.447 e. The van der Waals surface area contributed by atoms with E-state index in [1.54, 1.807) is 6.07 Å². The number of rotatable bonds is 1. The van der Waals surface area contributed by atoms with Crippen molar-refractivity contribution in [2.24, 2.45) is 0 Å².